The molecule has 1 N–H and O–H groups in total. The Labute approximate surface area is 105 Å². The van der Waals surface area contributed by atoms with Gasteiger partial charge in [0.05, 0.1) is 5.71 Å². The molecule has 3 heteroatoms. The average molecular weight is 233 g/mol. The van der Waals surface area contributed by atoms with Crippen LogP contribution in [-0.4, -0.2) is 25.5 Å². The van der Waals surface area contributed by atoms with E-state index in [4.69, 9.17) is 0 Å². The van der Waals surface area contributed by atoms with E-state index in [1.807, 2.05) is 34.7 Å². The molecule has 0 fully saturated rings. The lowest BCUT2D eigenvalue weighted by Crippen LogP contribution is -2.12. The molecule has 0 saturated heterocycles. The van der Waals surface area contributed by atoms with Gasteiger partial charge in [-0.25, -0.2) is 0 Å². The summed E-state index contributed by atoms with van der Waals surface area (Å²) >= 11 is 0. The molecule has 0 aliphatic carbocycles. The summed E-state index contributed by atoms with van der Waals surface area (Å²) in [5.74, 6) is 0. The maximum absolute atomic E-state index is 4.32. The minimum Gasteiger partial charge on any atom is -0.391 e. The molecule has 0 aromatic rings. The Hall–Kier alpha value is -1.64. The lowest BCUT2D eigenvalue weighted by Gasteiger charge is -2.10. The van der Waals surface area contributed by atoms with Gasteiger partial charge in [0.25, 0.3) is 0 Å². The second-order valence-electron chi connectivity index (χ2n) is 3.94. The summed E-state index contributed by atoms with van der Waals surface area (Å²) in [6.45, 7) is 11.8. The van der Waals surface area contributed by atoms with Crippen LogP contribution in [0.2, 0.25) is 0 Å². The van der Waals surface area contributed by atoms with Crippen LogP contribution >= 0.6 is 0 Å². The largest absolute Gasteiger partial charge is 0.391 e. The van der Waals surface area contributed by atoms with Crippen LogP contribution in [0.15, 0.2) is 45.7 Å². The van der Waals surface area contributed by atoms with E-state index in [-0.39, 0.29) is 0 Å². The van der Waals surface area contributed by atoms with Gasteiger partial charge in [0.2, 0.25) is 0 Å². The Morgan fingerprint density at radius 2 is 1.76 bits per heavy atom. The van der Waals surface area contributed by atoms with Crippen molar-refractivity contribution < 1.29 is 0 Å². The topological polar surface area (TPSA) is 36.8 Å². The van der Waals surface area contributed by atoms with E-state index in [0.29, 0.717) is 0 Å². The second kappa shape index (κ2) is 7.60. The minimum atomic E-state index is 0.914. The fourth-order valence-electron chi connectivity index (χ4n) is 1.29. The normalized spacial score (nSPS) is 14.0. The zero-order valence-electron chi connectivity index (χ0n) is 11.8. The van der Waals surface area contributed by atoms with Crippen molar-refractivity contribution in [2.75, 3.05) is 14.1 Å². The zero-order chi connectivity index (χ0) is 13.4. The Kier molecular flexibility index (Phi) is 6.87. The van der Waals surface area contributed by atoms with E-state index in [2.05, 4.69) is 21.9 Å². The molecule has 0 radical (unpaired) electrons. The number of allylic oxidation sites excluding steroid dienone is 4. The molecule has 17 heavy (non-hydrogen) atoms. The van der Waals surface area contributed by atoms with Crippen molar-refractivity contribution in [3.05, 3.63) is 35.7 Å². The third-order valence-electron chi connectivity index (χ3n) is 2.47. The highest BCUT2D eigenvalue weighted by Crippen LogP contribution is 2.12. The van der Waals surface area contributed by atoms with Crippen molar-refractivity contribution in [3.63, 3.8) is 0 Å². The van der Waals surface area contributed by atoms with Crippen molar-refractivity contribution in [2.24, 2.45) is 9.98 Å². The van der Waals surface area contributed by atoms with Crippen LogP contribution in [0.4, 0.5) is 0 Å². The van der Waals surface area contributed by atoms with Gasteiger partial charge in [-0.3, -0.25) is 9.98 Å². The Morgan fingerprint density at radius 3 is 2.12 bits per heavy atom. The third-order valence-corrected chi connectivity index (χ3v) is 2.47. The molecule has 94 valence electrons. The molecule has 0 aromatic heterocycles. The smallest absolute Gasteiger partial charge is 0.0704 e. The van der Waals surface area contributed by atoms with E-state index in [1.54, 1.807) is 19.3 Å². The molecule has 0 aliphatic heterocycles. The molecule has 0 atom stereocenters. The maximum atomic E-state index is 4.32. The number of hydrogen-bond acceptors (Lipinski definition) is 3. The first-order chi connectivity index (χ1) is 7.97. The molecule has 0 rings (SSSR count). The number of nitrogens with one attached hydrogen (secondary N) is 1. The molecule has 3 nitrogen and oxygen atoms in total. The summed E-state index contributed by atoms with van der Waals surface area (Å²) in [5.41, 5.74) is 5.05. The molecule has 0 heterocycles. The fourth-order valence-corrected chi connectivity index (χ4v) is 1.29. The molecule has 0 unspecified atom stereocenters. The van der Waals surface area contributed by atoms with Crippen LogP contribution in [0.1, 0.15) is 27.7 Å². The number of aliphatic imine (C=N–C) groups is 2. The molecule has 0 amide bonds. The first kappa shape index (κ1) is 15.4. The average Bonchev–Trinajstić information content (AvgIpc) is 2.32. The fraction of sp³-hybridized carbons (Fsp3) is 0.429. The summed E-state index contributed by atoms with van der Waals surface area (Å²) in [6.07, 6.45) is 3.58. The number of nitrogens with zero attached hydrogens (tertiary/aromatic N) is 2. The Bertz CT molecular complexity index is 392. The van der Waals surface area contributed by atoms with E-state index in [0.717, 1.165) is 28.3 Å². The van der Waals surface area contributed by atoms with Gasteiger partial charge in [-0.2, -0.15) is 0 Å². The Morgan fingerprint density at radius 1 is 1.18 bits per heavy atom. The lowest BCUT2D eigenvalue weighted by molar-refractivity contribution is 0.973. The zero-order valence-corrected chi connectivity index (χ0v) is 11.8. The highest BCUT2D eigenvalue weighted by Gasteiger charge is 2.07. The molecule has 0 aliphatic rings. The lowest BCUT2D eigenvalue weighted by atomic mass is 10.0. The van der Waals surface area contributed by atoms with Gasteiger partial charge in [0, 0.05) is 37.3 Å². The molecule has 0 aromatic carbocycles. The number of hydrogen-bond donors (Lipinski definition) is 1. The highest BCUT2D eigenvalue weighted by atomic mass is 14.8. The molecular formula is C14H23N3. The van der Waals surface area contributed by atoms with Gasteiger partial charge in [-0.1, -0.05) is 12.7 Å². The summed E-state index contributed by atoms with van der Waals surface area (Å²) in [4.78, 5) is 8.61. The minimum absolute atomic E-state index is 0.914. The predicted octanol–water partition coefficient (Wildman–Crippen LogP) is 3.12. The van der Waals surface area contributed by atoms with Crippen molar-refractivity contribution in [1.82, 2.24) is 5.32 Å². The third kappa shape index (κ3) is 4.81. The molecule has 0 bridgehead atoms. The van der Waals surface area contributed by atoms with Crippen molar-refractivity contribution >= 4 is 11.4 Å². The van der Waals surface area contributed by atoms with E-state index in [9.17, 15) is 0 Å². The van der Waals surface area contributed by atoms with Crippen LogP contribution < -0.4 is 5.32 Å². The van der Waals surface area contributed by atoms with Crippen molar-refractivity contribution in [3.8, 4) is 0 Å². The maximum Gasteiger partial charge on any atom is 0.0704 e. The predicted molar refractivity (Wildman–Crippen MR) is 77.9 cm³/mol. The van der Waals surface area contributed by atoms with E-state index >= 15 is 0 Å². The second-order valence-corrected chi connectivity index (χ2v) is 3.94. The van der Waals surface area contributed by atoms with Crippen LogP contribution in [0.3, 0.4) is 0 Å². The highest BCUT2D eigenvalue weighted by molar-refractivity contribution is 6.14. The van der Waals surface area contributed by atoms with Gasteiger partial charge in [0.1, 0.15) is 0 Å². The van der Waals surface area contributed by atoms with Gasteiger partial charge in [-0.15, -0.1) is 0 Å². The standard InChI is InChI=1S/C14H23N3/c1-8-13(9-17-10(2)3)14(16-7)11(4)12(5)15-6/h8-9,15H,1H2,2-7H3/b12-11+,13-9+,16-14?. The summed E-state index contributed by atoms with van der Waals surface area (Å²) < 4.78 is 0. The van der Waals surface area contributed by atoms with Crippen molar-refractivity contribution in [1.29, 1.82) is 0 Å². The first-order valence-corrected chi connectivity index (χ1v) is 5.64. The Balaban J connectivity index is 5.47. The van der Waals surface area contributed by atoms with E-state index in [1.165, 1.54) is 0 Å². The quantitative estimate of drug-likeness (QED) is 0.575. The molecule has 0 spiro atoms. The molecular weight excluding hydrogens is 210 g/mol. The van der Waals surface area contributed by atoms with Gasteiger partial charge in [0.15, 0.2) is 0 Å². The summed E-state index contributed by atoms with van der Waals surface area (Å²) in [6, 6.07) is 0. The van der Waals surface area contributed by atoms with Crippen LogP contribution in [0.25, 0.3) is 0 Å². The summed E-state index contributed by atoms with van der Waals surface area (Å²) in [7, 11) is 3.68. The number of rotatable bonds is 5. The summed E-state index contributed by atoms with van der Waals surface area (Å²) in [5, 5.41) is 3.12. The van der Waals surface area contributed by atoms with Gasteiger partial charge < -0.3 is 5.32 Å². The van der Waals surface area contributed by atoms with Gasteiger partial charge in [-0.05, 0) is 33.3 Å². The van der Waals surface area contributed by atoms with E-state index < -0.39 is 0 Å². The van der Waals surface area contributed by atoms with Crippen LogP contribution in [-0.2, 0) is 0 Å². The van der Waals surface area contributed by atoms with Crippen molar-refractivity contribution in [2.45, 2.75) is 27.7 Å². The van der Waals surface area contributed by atoms with Crippen LogP contribution in [0.5, 0.6) is 0 Å². The first-order valence-electron chi connectivity index (χ1n) is 5.64. The monoisotopic (exact) mass is 233 g/mol. The van der Waals surface area contributed by atoms with Crippen LogP contribution in [0, 0.1) is 0 Å². The SMILES string of the molecule is C=C/C(=C\N=C(C)C)C(=NC)/C(C)=C(\C)NC. The van der Waals surface area contributed by atoms with Gasteiger partial charge >= 0.3 is 0 Å². The molecule has 0 saturated carbocycles.